The summed E-state index contributed by atoms with van der Waals surface area (Å²) < 4.78 is 11.1. The molecule has 0 N–H and O–H groups in total. The quantitative estimate of drug-likeness (QED) is 0.826. The van der Waals surface area contributed by atoms with Crippen molar-refractivity contribution in [1.82, 2.24) is 9.80 Å². The van der Waals surface area contributed by atoms with Crippen molar-refractivity contribution in [2.75, 3.05) is 26.2 Å². The fourth-order valence-corrected chi connectivity index (χ4v) is 3.31. The molecule has 0 unspecified atom stereocenters. The van der Waals surface area contributed by atoms with E-state index in [1.165, 1.54) is 12.8 Å². The number of carbonyl (C=O) groups is 1. The van der Waals surface area contributed by atoms with E-state index in [2.05, 4.69) is 9.80 Å². The van der Waals surface area contributed by atoms with Crippen LogP contribution in [0.15, 0.2) is 22.8 Å². The average molecular weight is 276 g/mol. The molecule has 3 fully saturated rings. The Labute approximate surface area is 118 Å². The molecule has 2 saturated heterocycles. The zero-order valence-electron chi connectivity index (χ0n) is 11.5. The van der Waals surface area contributed by atoms with E-state index >= 15 is 0 Å². The number of amides is 1. The fraction of sp³-hybridized carbons (Fsp3) is 0.667. The molecule has 0 aromatic carbocycles. The Bertz CT molecular complexity index is 483. The smallest absolute Gasteiger partial charge is 0.248 e. The van der Waals surface area contributed by atoms with Crippen LogP contribution in [0.2, 0.25) is 0 Å². The first-order valence-electron chi connectivity index (χ1n) is 7.45. The Morgan fingerprint density at radius 1 is 1.30 bits per heavy atom. The van der Waals surface area contributed by atoms with E-state index < -0.39 is 0 Å². The number of nitrogens with zero attached hydrogens (tertiary/aromatic N) is 2. The maximum absolute atomic E-state index is 12.1. The lowest BCUT2D eigenvalue weighted by Gasteiger charge is -2.36. The van der Waals surface area contributed by atoms with Gasteiger partial charge in [0.1, 0.15) is 12.4 Å². The Balaban J connectivity index is 1.44. The molecular formula is C15H20N2O3. The molecule has 1 amide bonds. The number of furan rings is 1. The van der Waals surface area contributed by atoms with E-state index in [4.69, 9.17) is 9.15 Å². The molecule has 5 heteroatoms. The third-order valence-electron chi connectivity index (χ3n) is 4.57. The van der Waals surface area contributed by atoms with Gasteiger partial charge in [-0.3, -0.25) is 9.69 Å². The van der Waals surface area contributed by atoms with E-state index in [9.17, 15) is 4.79 Å². The van der Waals surface area contributed by atoms with E-state index in [1.54, 1.807) is 6.26 Å². The number of likely N-dealkylation sites (tertiary alicyclic amines) is 1. The third kappa shape index (κ3) is 2.36. The van der Waals surface area contributed by atoms with Gasteiger partial charge in [-0.1, -0.05) is 0 Å². The summed E-state index contributed by atoms with van der Waals surface area (Å²) in [6.07, 6.45) is 4.43. The standard InChI is InChI=1S/C15H20N2O3/c18-15-10-20-14-9-16(7-12-2-1-5-19-12)8-13(14)17(15)6-11-3-4-11/h1-2,5,11,13-14H,3-4,6-10H2/t13-,14-/m1/s1. The van der Waals surface area contributed by atoms with Crippen molar-refractivity contribution >= 4 is 5.91 Å². The molecule has 5 nitrogen and oxygen atoms in total. The summed E-state index contributed by atoms with van der Waals surface area (Å²) in [5, 5.41) is 0. The topological polar surface area (TPSA) is 45.9 Å². The minimum absolute atomic E-state index is 0.165. The molecule has 2 atom stereocenters. The van der Waals surface area contributed by atoms with Crippen LogP contribution in [-0.2, 0) is 16.1 Å². The molecule has 108 valence electrons. The summed E-state index contributed by atoms with van der Waals surface area (Å²) >= 11 is 0. The largest absolute Gasteiger partial charge is 0.468 e. The van der Waals surface area contributed by atoms with Crippen molar-refractivity contribution < 1.29 is 13.9 Å². The van der Waals surface area contributed by atoms with Crippen LogP contribution in [0.5, 0.6) is 0 Å². The molecule has 3 heterocycles. The molecule has 4 rings (SSSR count). The van der Waals surface area contributed by atoms with Gasteiger partial charge in [-0.2, -0.15) is 0 Å². The van der Waals surface area contributed by atoms with Crippen molar-refractivity contribution in [3.05, 3.63) is 24.2 Å². The lowest BCUT2D eigenvalue weighted by molar-refractivity contribution is -0.153. The van der Waals surface area contributed by atoms with Crippen LogP contribution in [0.3, 0.4) is 0 Å². The molecule has 1 saturated carbocycles. The second kappa shape index (κ2) is 4.90. The van der Waals surface area contributed by atoms with Crippen molar-refractivity contribution in [3.8, 4) is 0 Å². The molecule has 1 aliphatic carbocycles. The van der Waals surface area contributed by atoms with Gasteiger partial charge in [-0.05, 0) is 30.9 Å². The number of carbonyl (C=O) groups excluding carboxylic acids is 1. The summed E-state index contributed by atoms with van der Waals surface area (Å²) in [5.74, 6) is 1.87. The normalized spacial score (nSPS) is 30.8. The highest BCUT2D eigenvalue weighted by Crippen LogP contribution is 2.33. The number of ether oxygens (including phenoxy) is 1. The van der Waals surface area contributed by atoms with Crippen molar-refractivity contribution in [2.45, 2.75) is 31.5 Å². The molecular weight excluding hydrogens is 256 g/mol. The van der Waals surface area contributed by atoms with E-state index in [-0.39, 0.29) is 24.7 Å². The molecule has 1 aromatic heterocycles. The van der Waals surface area contributed by atoms with Gasteiger partial charge in [0, 0.05) is 19.6 Å². The molecule has 0 bridgehead atoms. The minimum Gasteiger partial charge on any atom is -0.468 e. The molecule has 1 aromatic rings. The highest BCUT2D eigenvalue weighted by atomic mass is 16.5. The maximum atomic E-state index is 12.1. The predicted molar refractivity (Wildman–Crippen MR) is 72.0 cm³/mol. The molecule has 3 aliphatic rings. The molecule has 0 spiro atoms. The number of morpholine rings is 1. The Morgan fingerprint density at radius 2 is 2.20 bits per heavy atom. The zero-order valence-corrected chi connectivity index (χ0v) is 11.5. The van der Waals surface area contributed by atoms with Crippen molar-refractivity contribution in [1.29, 1.82) is 0 Å². The van der Waals surface area contributed by atoms with Gasteiger partial charge in [-0.25, -0.2) is 0 Å². The first kappa shape index (κ1) is 12.4. The first-order chi connectivity index (χ1) is 9.79. The average Bonchev–Trinajstić information content (AvgIpc) is 2.95. The van der Waals surface area contributed by atoms with Gasteiger partial charge in [0.05, 0.1) is 25.0 Å². The minimum atomic E-state index is 0.165. The Hall–Kier alpha value is -1.33. The highest BCUT2D eigenvalue weighted by Gasteiger charge is 2.44. The predicted octanol–water partition coefficient (Wildman–Crippen LogP) is 1.10. The zero-order chi connectivity index (χ0) is 13.5. The lowest BCUT2D eigenvalue weighted by atomic mass is 10.1. The van der Waals surface area contributed by atoms with Crippen LogP contribution >= 0.6 is 0 Å². The summed E-state index contributed by atoms with van der Waals surface area (Å²) in [4.78, 5) is 16.5. The van der Waals surface area contributed by atoms with Gasteiger partial charge >= 0.3 is 0 Å². The number of hydrogen-bond donors (Lipinski definition) is 0. The monoisotopic (exact) mass is 276 g/mol. The number of rotatable bonds is 4. The first-order valence-corrected chi connectivity index (χ1v) is 7.45. The third-order valence-corrected chi connectivity index (χ3v) is 4.57. The van der Waals surface area contributed by atoms with Crippen LogP contribution in [0.4, 0.5) is 0 Å². The summed E-state index contributed by atoms with van der Waals surface area (Å²) in [6.45, 7) is 3.76. The van der Waals surface area contributed by atoms with Crippen LogP contribution in [0, 0.1) is 5.92 Å². The SMILES string of the molecule is O=C1CO[C@@H]2CN(Cc3ccco3)C[C@H]2N1CC1CC1. The lowest BCUT2D eigenvalue weighted by Crippen LogP contribution is -2.54. The fourth-order valence-electron chi connectivity index (χ4n) is 3.31. The van der Waals surface area contributed by atoms with Crippen LogP contribution < -0.4 is 0 Å². The molecule has 2 aliphatic heterocycles. The van der Waals surface area contributed by atoms with E-state index in [1.807, 2.05) is 12.1 Å². The number of fused-ring (bicyclic) bond motifs is 1. The summed E-state index contributed by atoms with van der Waals surface area (Å²) in [5.41, 5.74) is 0. The van der Waals surface area contributed by atoms with Gasteiger partial charge in [-0.15, -0.1) is 0 Å². The van der Waals surface area contributed by atoms with E-state index in [0.29, 0.717) is 0 Å². The number of hydrogen-bond acceptors (Lipinski definition) is 4. The highest BCUT2D eigenvalue weighted by molar-refractivity contribution is 5.78. The van der Waals surface area contributed by atoms with Crippen molar-refractivity contribution in [3.63, 3.8) is 0 Å². The van der Waals surface area contributed by atoms with Gasteiger partial charge in [0.25, 0.3) is 0 Å². The molecule has 0 radical (unpaired) electrons. The van der Waals surface area contributed by atoms with Crippen LogP contribution in [-0.4, -0.2) is 54.1 Å². The maximum Gasteiger partial charge on any atom is 0.248 e. The van der Waals surface area contributed by atoms with Gasteiger partial charge in [0.15, 0.2) is 0 Å². The second-order valence-corrected chi connectivity index (χ2v) is 6.18. The van der Waals surface area contributed by atoms with E-state index in [0.717, 1.165) is 37.9 Å². The van der Waals surface area contributed by atoms with Gasteiger partial charge < -0.3 is 14.1 Å². The molecule has 20 heavy (non-hydrogen) atoms. The Morgan fingerprint density at radius 3 is 2.95 bits per heavy atom. The van der Waals surface area contributed by atoms with Crippen LogP contribution in [0.1, 0.15) is 18.6 Å². The van der Waals surface area contributed by atoms with Crippen molar-refractivity contribution in [2.24, 2.45) is 5.92 Å². The van der Waals surface area contributed by atoms with Crippen LogP contribution in [0.25, 0.3) is 0 Å². The summed E-state index contributed by atoms with van der Waals surface area (Å²) in [6, 6.07) is 4.14. The van der Waals surface area contributed by atoms with Gasteiger partial charge in [0.2, 0.25) is 5.91 Å². The summed E-state index contributed by atoms with van der Waals surface area (Å²) in [7, 11) is 0. The Kier molecular flexibility index (Phi) is 3.04. The second-order valence-electron chi connectivity index (χ2n) is 6.18.